The van der Waals surface area contributed by atoms with Gasteiger partial charge in [-0.1, -0.05) is 0 Å². The molecule has 0 amide bonds. The molecule has 0 radical (unpaired) electrons. The van der Waals surface area contributed by atoms with Crippen molar-refractivity contribution in [1.29, 1.82) is 0 Å². The molecule has 3 atom stereocenters. The first-order valence-corrected chi connectivity index (χ1v) is 8.67. The molecule has 2 aliphatic rings. The summed E-state index contributed by atoms with van der Waals surface area (Å²) >= 11 is 0. The minimum absolute atomic E-state index is 0.113. The van der Waals surface area contributed by atoms with E-state index >= 15 is 0 Å². The van der Waals surface area contributed by atoms with Crippen molar-refractivity contribution in [1.82, 2.24) is 9.29 Å². The van der Waals surface area contributed by atoms with Gasteiger partial charge in [-0.2, -0.15) is 4.31 Å². The molecule has 0 N–H and O–H groups in total. The Balaban J connectivity index is 1.88. The molecule has 116 valence electrons. The van der Waals surface area contributed by atoms with Gasteiger partial charge in [0.2, 0.25) is 10.0 Å². The second-order valence-corrected chi connectivity index (χ2v) is 7.24. The molecule has 0 spiro atoms. The molecule has 1 saturated heterocycles. The van der Waals surface area contributed by atoms with E-state index in [-0.39, 0.29) is 18.0 Å². The lowest BCUT2D eigenvalue weighted by Crippen LogP contribution is -2.47. The summed E-state index contributed by atoms with van der Waals surface area (Å²) < 4.78 is 50.2. The third kappa shape index (κ3) is 2.88. The van der Waals surface area contributed by atoms with E-state index in [1.807, 2.05) is 0 Å². The van der Waals surface area contributed by atoms with Gasteiger partial charge in [0.1, 0.15) is 6.10 Å². The van der Waals surface area contributed by atoms with Crippen molar-refractivity contribution in [3.8, 4) is 5.88 Å². The topological polar surface area (TPSA) is 68.7 Å². The zero-order chi connectivity index (χ0) is 15.0. The summed E-state index contributed by atoms with van der Waals surface area (Å²) in [4.78, 5) is 3.87. The number of hydrogen-bond donors (Lipinski definition) is 0. The molecule has 6 nitrogen and oxygen atoms in total. The van der Waals surface area contributed by atoms with Crippen molar-refractivity contribution in [3.63, 3.8) is 0 Å². The Morgan fingerprint density at radius 1 is 1.48 bits per heavy atom. The average Bonchev–Trinajstić information content (AvgIpc) is 2.66. The number of fused-ring (bicyclic) bond motifs is 2. The summed E-state index contributed by atoms with van der Waals surface area (Å²) in [7, 11) is -3.36. The molecule has 2 heterocycles. The molecule has 0 unspecified atom stereocenters. The van der Waals surface area contributed by atoms with Crippen molar-refractivity contribution in [2.45, 2.75) is 31.1 Å². The fourth-order valence-electron chi connectivity index (χ4n) is 3.01. The van der Waals surface area contributed by atoms with Gasteiger partial charge in [0, 0.05) is 12.7 Å². The number of aromatic nitrogens is 1. The van der Waals surface area contributed by atoms with E-state index in [4.69, 9.17) is 9.47 Å². The molecule has 1 aliphatic heterocycles. The monoisotopic (exact) mass is 316 g/mol. The minimum atomic E-state index is -3.36. The Hall–Kier alpha value is -1.25. The van der Waals surface area contributed by atoms with Crippen LogP contribution in [0, 0.1) is 5.82 Å². The minimum Gasteiger partial charge on any atom is -0.468 e. The molecular formula is C13H17FN2O4S. The van der Waals surface area contributed by atoms with Gasteiger partial charge in [-0.3, -0.25) is 0 Å². The van der Waals surface area contributed by atoms with E-state index < -0.39 is 21.9 Å². The third-order valence-electron chi connectivity index (χ3n) is 3.90. The van der Waals surface area contributed by atoms with Crippen molar-refractivity contribution in [2.24, 2.45) is 0 Å². The second kappa shape index (κ2) is 5.51. The first kappa shape index (κ1) is 14.7. The lowest BCUT2D eigenvalue weighted by Gasteiger charge is -2.29. The number of sulfonamides is 1. The molecule has 2 bridgehead atoms. The summed E-state index contributed by atoms with van der Waals surface area (Å²) in [5.41, 5.74) is 0. The summed E-state index contributed by atoms with van der Waals surface area (Å²) in [5.74, 6) is -0.676. The molecule has 0 aromatic carbocycles. The Morgan fingerprint density at radius 2 is 2.29 bits per heavy atom. The van der Waals surface area contributed by atoms with Gasteiger partial charge in [-0.25, -0.2) is 17.8 Å². The van der Waals surface area contributed by atoms with E-state index in [9.17, 15) is 12.8 Å². The lowest BCUT2D eigenvalue weighted by atomic mass is 10.2. The fraction of sp³-hybridized carbons (Fsp3) is 0.615. The number of rotatable bonds is 3. The van der Waals surface area contributed by atoms with E-state index in [0.29, 0.717) is 26.0 Å². The smallest absolute Gasteiger partial charge is 0.250 e. The Morgan fingerprint density at radius 3 is 3.00 bits per heavy atom. The molecular weight excluding hydrogens is 299 g/mol. The Labute approximate surface area is 122 Å². The highest BCUT2D eigenvalue weighted by molar-refractivity contribution is 7.88. The van der Waals surface area contributed by atoms with Gasteiger partial charge in [-0.15, -0.1) is 0 Å². The van der Waals surface area contributed by atoms with E-state index in [1.54, 1.807) is 0 Å². The van der Waals surface area contributed by atoms with Gasteiger partial charge < -0.3 is 9.47 Å². The molecule has 1 saturated carbocycles. The fourth-order valence-corrected chi connectivity index (χ4v) is 4.13. The van der Waals surface area contributed by atoms with Crippen LogP contribution in [0.3, 0.4) is 0 Å². The molecule has 3 rings (SSSR count). The molecule has 2 fully saturated rings. The molecule has 1 aromatic heterocycles. The van der Waals surface area contributed by atoms with Gasteiger partial charge in [-0.05, 0) is 25.0 Å². The molecule has 21 heavy (non-hydrogen) atoms. The van der Waals surface area contributed by atoms with Crippen LogP contribution in [0.25, 0.3) is 0 Å². The predicted molar refractivity (Wildman–Crippen MR) is 72.9 cm³/mol. The maximum atomic E-state index is 13.7. The van der Waals surface area contributed by atoms with Crippen LogP contribution in [0.4, 0.5) is 4.39 Å². The maximum absolute atomic E-state index is 13.7. The van der Waals surface area contributed by atoms with Crippen molar-refractivity contribution in [2.75, 3.05) is 19.4 Å². The Kier molecular flexibility index (Phi) is 3.85. The number of halogens is 1. The van der Waals surface area contributed by atoms with Crippen LogP contribution in [-0.4, -0.2) is 55.4 Å². The van der Waals surface area contributed by atoms with Crippen LogP contribution < -0.4 is 4.74 Å². The SMILES string of the molecule is CS(=O)(=O)N1CCO[C@H]2CC[C@H]1[C@H]2Oc1ncccc1F. The standard InChI is InChI=1S/C13H17FN2O4S/c1-21(17,18)16-7-8-19-11-5-4-10(16)12(11)20-13-9(14)3-2-6-15-13/h2-3,6,10-12H,4-5,7-8H2,1H3/t10-,11-,12+/m0/s1. The number of hydrogen-bond acceptors (Lipinski definition) is 5. The average molecular weight is 316 g/mol. The van der Waals surface area contributed by atoms with Crippen LogP contribution in [0.15, 0.2) is 18.3 Å². The highest BCUT2D eigenvalue weighted by Crippen LogP contribution is 2.34. The summed E-state index contributed by atoms with van der Waals surface area (Å²) in [6.07, 6.45) is 3.16. The lowest BCUT2D eigenvalue weighted by molar-refractivity contribution is 0.000680. The predicted octanol–water partition coefficient (Wildman–Crippen LogP) is 0.791. The quantitative estimate of drug-likeness (QED) is 0.825. The first-order valence-electron chi connectivity index (χ1n) is 6.82. The molecule has 1 aromatic rings. The number of ether oxygens (including phenoxy) is 2. The molecule has 8 heteroatoms. The van der Waals surface area contributed by atoms with Crippen LogP contribution in [0.5, 0.6) is 5.88 Å². The first-order chi connectivity index (χ1) is 9.97. The van der Waals surface area contributed by atoms with E-state index in [1.165, 1.54) is 28.9 Å². The zero-order valence-electron chi connectivity index (χ0n) is 11.6. The van der Waals surface area contributed by atoms with Gasteiger partial charge in [0.25, 0.3) is 5.88 Å². The van der Waals surface area contributed by atoms with Gasteiger partial charge in [0.15, 0.2) is 5.82 Å². The van der Waals surface area contributed by atoms with Crippen LogP contribution in [0.2, 0.25) is 0 Å². The highest BCUT2D eigenvalue weighted by Gasteiger charge is 2.47. The van der Waals surface area contributed by atoms with Gasteiger partial charge >= 0.3 is 0 Å². The second-order valence-electron chi connectivity index (χ2n) is 5.30. The number of nitrogens with zero attached hydrogens (tertiary/aromatic N) is 2. The molecule has 1 aliphatic carbocycles. The summed E-state index contributed by atoms with van der Waals surface area (Å²) in [6.45, 7) is 0.614. The van der Waals surface area contributed by atoms with E-state index in [2.05, 4.69) is 4.98 Å². The number of pyridine rings is 1. The van der Waals surface area contributed by atoms with E-state index in [0.717, 1.165) is 0 Å². The summed E-state index contributed by atoms with van der Waals surface area (Å²) in [6, 6.07) is 2.40. The van der Waals surface area contributed by atoms with Crippen molar-refractivity contribution < 1.29 is 22.3 Å². The third-order valence-corrected chi connectivity index (χ3v) is 5.21. The summed E-state index contributed by atoms with van der Waals surface area (Å²) in [5, 5.41) is 0. The van der Waals surface area contributed by atoms with Crippen LogP contribution in [-0.2, 0) is 14.8 Å². The Bertz CT molecular complexity index is 624. The maximum Gasteiger partial charge on any atom is 0.250 e. The van der Waals surface area contributed by atoms with Crippen LogP contribution in [0.1, 0.15) is 12.8 Å². The van der Waals surface area contributed by atoms with Crippen molar-refractivity contribution >= 4 is 10.0 Å². The normalized spacial score (nSPS) is 30.1. The van der Waals surface area contributed by atoms with Crippen molar-refractivity contribution in [3.05, 3.63) is 24.1 Å². The van der Waals surface area contributed by atoms with Gasteiger partial charge in [0.05, 0.1) is 25.0 Å². The van der Waals surface area contributed by atoms with Crippen LogP contribution >= 0.6 is 0 Å². The zero-order valence-corrected chi connectivity index (χ0v) is 12.4. The highest BCUT2D eigenvalue weighted by atomic mass is 32.2. The largest absolute Gasteiger partial charge is 0.468 e.